The number of carbonyl (C=O) groups is 1. The molecule has 11 nitrogen and oxygen atoms in total. The summed E-state index contributed by atoms with van der Waals surface area (Å²) in [6.45, 7) is 6.37. The highest BCUT2D eigenvalue weighted by atomic mass is 35.5. The maximum absolute atomic E-state index is 15.0. The number of para-hydroxylation sites is 1. The number of anilines is 1. The molecule has 2 aliphatic heterocycles. The second kappa shape index (κ2) is 13.5. The molecule has 0 aliphatic carbocycles. The van der Waals surface area contributed by atoms with Crippen LogP contribution in [0, 0.1) is 5.92 Å². The maximum Gasteiger partial charge on any atom is 0.279 e. The Bertz CT molecular complexity index is 2370. The average molecular weight is 749 g/mol. The zero-order valence-electron chi connectivity index (χ0n) is 29.7. The third-order valence-corrected chi connectivity index (χ3v) is 13.7. The minimum Gasteiger partial charge on any atom is -0.432 e. The van der Waals surface area contributed by atoms with Crippen LogP contribution in [0.4, 0.5) is 5.69 Å². The number of benzene rings is 4. The predicted molar refractivity (Wildman–Crippen MR) is 206 cm³/mol. The number of fused-ring (bicyclic) bond motifs is 3. The van der Waals surface area contributed by atoms with Gasteiger partial charge in [-0.3, -0.25) is 19.4 Å². The van der Waals surface area contributed by atoms with Gasteiger partial charge in [-0.15, -0.1) is 5.10 Å². The highest BCUT2D eigenvalue weighted by molar-refractivity contribution is 6.71. The molecule has 53 heavy (non-hydrogen) atoms. The second-order valence-corrected chi connectivity index (χ2v) is 19.1. The van der Waals surface area contributed by atoms with E-state index in [-0.39, 0.29) is 42.0 Å². The molecular weight excluding hydrogens is 708 g/mol. The minimum absolute atomic E-state index is 0.104. The van der Waals surface area contributed by atoms with Crippen molar-refractivity contribution in [2.24, 2.45) is 5.92 Å². The summed E-state index contributed by atoms with van der Waals surface area (Å²) >= 11 is 6.61. The molecule has 1 fully saturated rings. The maximum atomic E-state index is 15.0. The lowest BCUT2D eigenvalue weighted by atomic mass is 9.82. The number of ether oxygens (including phenoxy) is 1. The van der Waals surface area contributed by atoms with Crippen LogP contribution in [0.3, 0.4) is 0 Å². The number of H-pyrrole nitrogens is 1. The van der Waals surface area contributed by atoms with E-state index in [0.29, 0.717) is 46.0 Å². The lowest BCUT2D eigenvalue weighted by Crippen LogP contribution is -2.46. The van der Waals surface area contributed by atoms with E-state index < -0.39 is 20.0 Å². The number of hydrogen-bond acceptors (Lipinski definition) is 7. The lowest BCUT2D eigenvalue weighted by molar-refractivity contribution is -0.146. The Morgan fingerprint density at radius 3 is 2.53 bits per heavy atom. The van der Waals surface area contributed by atoms with Crippen LogP contribution in [-0.4, -0.2) is 61.6 Å². The monoisotopic (exact) mass is 748 g/mol. The summed E-state index contributed by atoms with van der Waals surface area (Å²) in [7, 11) is -2.91. The van der Waals surface area contributed by atoms with Crippen molar-refractivity contribution in [2.45, 2.75) is 62.7 Å². The van der Waals surface area contributed by atoms with Gasteiger partial charge in [-0.05, 0) is 73.1 Å². The van der Waals surface area contributed by atoms with E-state index in [1.54, 1.807) is 21.7 Å². The van der Waals surface area contributed by atoms with Crippen molar-refractivity contribution in [3.8, 4) is 5.69 Å². The normalized spacial score (nSPS) is 21.9. The number of nitrogens with one attached hydrogen (secondary N) is 1. The molecule has 0 bridgehead atoms. The van der Waals surface area contributed by atoms with Crippen LogP contribution in [0.1, 0.15) is 41.6 Å². The van der Waals surface area contributed by atoms with Gasteiger partial charge in [0, 0.05) is 34.8 Å². The summed E-state index contributed by atoms with van der Waals surface area (Å²) in [5.74, 6) is -0.883. The van der Waals surface area contributed by atoms with Crippen molar-refractivity contribution in [2.75, 3.05) is 11.5 Å². The molecule has 5 atom stereocenters. The van der Waals surface area contributed by atoms with Crippen molar-refractivity contribution in [1.82, 2.24) is 24.8 Å². The molecule has 4 aromatic carbocycles. The number of aryl methyl sites for hydroxylation is 1. The van der Waals surface area contributed by atoms with Gasteiger partial charge in [0.25, 0.3) is 11.5 Å². The topological polar surface area (TPSA) is 138 Å². The van der Waals surface area contributed by atoms with Gasteiger partial charge in [-0.1, -0.05) is 78.3 Å². The van der Waals surface area contributed by atoms with Gasteiger partial charge in [0.2, 0.25) is 0 Å². The smallest absolute Gasteiger partial charge is 0.279 e. The molecule has 4 heterocycles. The Hall–Kier alpha value is -4.85. The Kier molecular flexibility index (Phi) is 8.98. The van der Waals surface area contributed by atoms with Gasteiger partial charge < -0.3 is 19.5 Å². The molecule has 3 N–H and O–H groups in total. The van der Waals surface area contributed by atoms with Crippen molar-refractivity contribution in [1.29, 1.82) is 0 Å². The molecule has 1 spiro atoms. The Balaban J connectivity index is 1.09. The van der Waals surface area contributed by atoms with Crippen molar-refractivity contribution in [3.63, 3.8) is 0 Å². The van der Waals surface area contributed by atoms with Crippen LogP contribution in [-0.2, 0) is 28.2 Å². The molecular formula is C40H41ClN6O5Si. The SMILES string of the molecule is C[C@@H]1[C@@H]([Si](C)(C)O)[C@H](CCn2cc(C(CO)c3ccccc3)nn2)O[C@@]12C(=O)N(Cc1cccc(-n3[nH]c4ccccc4c3=O)c1)c1ccc(Cl)cc12. The Morgan fingerprint density at radius 2 is 1.77 bits per heavy atom. The van der Waals surface area contributed by atoms with Crippen molar-refractivity contribution < 1.29 is 19.4 Å². The van der Waals surface area contributed by atoms with Crippen molar-refractivity contribution >= 4 is 42.4 Å². The summed E-state index contributed by atoms with van der Waals surface area (Å²) in [6.07, 6.45) is 1.87. The molecule has 2 aromatic heterocycles. The van der Waals surface area contributed by atoms with E-state index in [2.05, 4.69) is 15.4 Å². The minimum atomic E-state index is -2.91. The summed E-state index contributed by atoms with van der Waals surface area (Å²) in [4.78, 5) is 41.7. The molecule has 1 unspecified atom stereocenters. The first-order valence-electron chi connectivity index (χ1n) is 17.9. The standard InChI is InChI=1S/C40H41ClN6O5Si/c1-25-37(53(2,3)51)36(18-19-45-23-34(42-44-45)31(24-48)27-11-5-4-6-12-27)52-40(25)32-21-28(41)16-17-35(32)46(39(40)50)22-26-10-9-13-29(20-26)47-38(49)30-14-7-8-15-33(30)43-47/h4-17,20-21,23,25,31,36-37,43,48,51H,18-19,22,24H2,1-3H3/t25-,31?,36+,37-,40+/m1/s1. The first kappa shape index (κ1) is 35.2. The van der Waals surface area contributed by atoms with Crippen molar-refractivity contribution in [3.05, 3.63) is 141 Å². The van der Waals surface area contributed by atoms with E-state index in [0.717, 1.165) is 16.6 Å². The highest BCUT2D eigenvalue weighted by Crippen LogP contribution is 2.60. The molecule has 6 aromatic rings. The summed E-state index contributed by atoms with van der Waals surface area (Å²) in [5, 5.41) is 23.2. The molecule has 8 rings (SSSR count). The summed E-state index contributed by atoms with van der Waals surface area (Å²) in [6, 6.07) is 30.1. The van der Waals surface area contributed by atoms with E-state index in [1.807, 2.05) is 111 Å². The first-order chi connectivity index (χ1) is 25.5. The lowest BCUT2D eigenvalue weighted by Gasteiger charge is -2.32. The number of halogens is 1. The van der Waals surface area contributed by atoms with Gasteiger partial charge in [0.1, 0.15) is 0 Å². The molecule has 13 heteroatoms. The molecule has 272 valence electrons. The number of aliphatic hydroxyl groups excluding tert-OH is 1. The van der Waals surface area contributed by atoms with E-state index >= 15 is 0 Å². The number of nitrogens with zero attached hydrogens (tertiary/aromatic N) is 5. The Morgan fingerprint density at radius 1 is 1.00 bits per heavy atom. The van der Waals surface area contributed by atoms with Crippen LogP contribution in [0.25, 0.3) is 16.6 Å². The summed E-state index contributed by atoms with van der Waals surface area (Å²) < 4.78 is 10.3. The zero-order valence-corrected chi connectivity index (χ0v) is 31.4. The molecule has 2 aliphatic rings. The van der Waals surface area contributed by atoms with Crippen LogP contribution in [0.5, 0.6) is 0 Å². The fraction of sp³-hybridized carbons (Fsp3) is 0.300. The van der Waals surface area contributed by atoms with Gasteiger partial charge >= 0.3 is 0 Å². The Labute approximate surface area is 312 Å². The van der Waals surface area contributed by atoms with Gasteiger partial charge in [-0.25, -0.2) is 4.68 Å². The fourth-order valence-corrected chi connectivity index (χ4v) is 11.4. The number of carbonyl (C=O) groups excluding carboxylic acids is 1. The predicted octanol–water partition coefficient (Wildman–Crippen LogP) is 6.12. The fourth-order valence-electron chi connectivity index (χ4n) is 8.59. The zero-order chi connectivity index (χ0) is 37.1. The average Bonchev–Trinajstić information content (AvgIpc) is 3.88. The number of aromatic nitrogens is 5. The highest BCUT2D eigenvalue weighted by Gasteiger charge is 2.66. The largest absolute Gasteiger partial charge is 0.432 e. The third-order valence-electron chi connectivity index (χ3n) is 11.0. The number of aliphatic hydroxyl groups is 1. The number of hydrogen-bond donors (Lipinski definition) is 3. The quantitative estimate of drug-likeness (QED) is 0.144. The van der Waals surface area contributed by atoms with Crippen LogP contribution >= 0.6 is 11.6 Å². The molecule has 0 saturated carbocycles. The van der Waals surface area contributed by atoms with Crippen LogP contribution in [0.15, 0.2) is 108 Å². The number of aromatic amines is 1. The van der Waals surface area contributed by atoms with Gasteiger partial charge in [0.05, 0.1) is 53.1 Å². The van der Waals surface area contributed by atoms with Gasteiger partial charge in [-0.2, -0.15) is 0 Å². The van der Waals surface area contributed by atoms with E-state index in [9.17, 15) is 19.5 Å². The van der Waals surface area contributed by atoms with Gasteiger partial charge in [0.15, 0.2) is 13.9 Å². The third kappa shape index (κ3) is 6.04. The molecule has 1 amide bonds. The molecule has 0 radical (unpaired) electrons. The van der Waals surface area contributed by atoms with E-state index in [1.165, 1.54) is 4.68 Å². The van der Waals surface area contributed by atoms with Crippen LogP contribution < -0.4 is 10.5 Å². The first-order valence-corrected chi connectivity index (χ1v) is 21.3. The number of rotatable bonds is 10. The van der Waals surface area contributed by atoms with Crippen LogP contribution in [0.2, 0.25) is 23.7 Å². The van der Waals surface area contributed by atoms with E-state index in [4.69, 9.17) is 16.3 Å². The number of amides is 1. The second-order valence-electron chi connectivity index (χ2n) is 14.7. The summed E-state index contributed by atoms with van der Waals surface area (Å²) in [5.41, 5.74) is 3.42. The molecule has 1 saturated heterocycles.